The molecule has 0 amide bonds. The number of aryl methyl sites for hydroxylation is 1. The number of anilines is 1. The van der Waals surface area contributed by atoms with Crippen molar-refractivity contribution >= 4 is 21.8 Å². The van der Waals surface area contributed by atoms with Gasteiger partial charge in [0.25, 0.3) is 10.0 Å². The number of nitrogens with one attached hydrogen (secondary N) is 1. The Balaban J connectivity index is 2.23. The second-order valence-electron chi connectivity index (χ2n) is 3.94. The summed E-state index contributed by atoms with van der Waals surface area (Å²) in [6.07, 6.45) is 0. The van der Waals surface area contributed by atoms with Crippen molar-refractivity contribution in [3.63, 3.8) is 0 Å². The van der Waals surface area contributed by atoms with E-state index in [1.165, 1.54) is 37.4 Å². The van der Waals surface area contributed by atoms with Crippen LogP contribution >= 0.6 is 0 Å². The Morgan fingerprint density at radius 3 is 2.45 bits per heavy atom. The van der Waals surface area contributed by atoms with E-state index in [2.05, 4.69) is 14.6 Å². The lowest BCUT2D eigenvalue weighted by molar-refractivity contribution is 0.0600. The molecule has 7 nitrogen and oxygen atoms in total. The Morgan fingerprint density at radius 2 is 1.95 bits per heavy atom. The smallest absolute Gasteiger partial charge is 0.337 e. The zero-order chi connectivity index (χ0) is 14.8. The Bertz CT molecular complexity index is 719. The first-order chi connectivity index (χ1) is 9.42. The molecule has 0 aliphatic rings. The second-order valence-corrected chi connectivity index (χ2v) is 5.63. The molecule has 0 aliphatic heterocycles. The molecule has 1 heterocycles. The molecule has 0 aliphatic carbocycles. The third-order valence-corrected chi connectivity index (χ3v) is 3.82. The van der Waals surface area contributed by atoms with Crippen LogP contribution in [-0.4, -0.2) is 26.7 Å². The van der Waals surface area contributed by atoms with E-state index < -0.39 is 16.0 Å². The maximum Gasteiger partial charge on any atom is 0.337 e. The molecule has 0 saturated carbocycles. The van der Waals surface area contributed by atoms with E-state index in [4.69, 9.17) is 4.52 Å². The lowest BCUT2D eigenvalue weighted by Gasteiger charge is -2.05. The molecule has 0 unspecified atom stereocenters. The molecule has 1 N–H and O–H groups in total. The van der Waals surface area contributed by atoms with Gasteiger partial charge in [-0.3, -0.25) is 4.72 Å². The molecule has 0 bridgehead atoms. The topological polar surface area (TPSA) is 98.5 Å². The van der Waals surface area contributed by atoms with Gasteiger partial charge in [-0.15, -0.1) is 0 Å². The largest absolute Gasteiger partial charge is 0.465 e. The summed E-state index contributed by atoms with van der Waals surface area (Å²) in [6, 6.07) is 6.81. The molecule has 0 radical (unpaired) electrons. The number of sulfonamides is 1. The summed E-state index contributed by atoms with van der Waals surface area (Å²) >= 11 is 0. The molecule has 8 heteroatoms. The zero-order valence-electron chi connectivity index (χ0n) is 10.8. The van der Waals surface area contributed by atoms with Gasteiger partial charge in [-0.25, -0.2) is 13.2 Å². The molecular formula is C12H12N2O5S. The second kappa shape index (κ2) is 5.33. The summed E-state index contributed by atoms with van der Waals surface area (Å²) in [5, 5.41) is 3.55. The Kier molecular flexibility index (Phi) is 3.75. The molecule has 2 aromatic rings. The highest BCUT2D eigenvalue weighted by atomic mass is 32.2. The summed E-state index contributed by atoms with van der Waals surface area (Å²) in [7, 11) is -2.52. The number of aromatic nitrogens is 1. The SMILES string of the molecule is COC(=O)c1ccc(S(=O)(=O)Nc2cc(C)on2)cc1. The number of esters is 1. The monoisotopic (exact) mass is 296 g/mol. The predicted octanol–water partition coefficient (Wildman–Crippen LogP) is 1.57. The quantitative estimate of drug-likeness (QED) is 0.860. The van der Waals surface area contributed by atoms with Crippen molar-refractivity contribution in [2.45, 2.75) is 11.8 Å². The highest BCUT2D eigenvalue weighted by Crippen LogP contribution is 2.16. The van der Waals surface area contributed by atoms with E-state index in [0.29, 0.717) is 5.76 Å². The fourth-order valence-corrected chi connectivity index (χ4v) is 2.48. The maximum absolute atomic E-state index is 12.1. The van der Waals surface area contributed by atoms with Crippen LogP contribution in [0.3, 0.4) is 0 Å². The molecular weight excluding hydrogens is 284 g/mol. The minimum atomic E-state index is -3.77. The van der Waals surface area contributed by atoms with Crippen LogP contribution in [0.5, 0.6) is 0 Å². The lowest BCUT2D eigenvalue weighted by Crippen LogP contribution is -2.13. The van der Waals surface area contributed by atoms with E-state index >= 15 is 0 Å². The van der Waals surface area contributed by atoms with Crippen molar-refractivity contribution in [2.24, 2.45) is 0 Å². The molecule has 20 heavy (non-hydrogen) atoms. The van der Waals surface area contributed by atoms with Crippen LogP contribution < -0.4 is 4.72 Å². The van der Waals surface area contributed by atoms with Crippen LogP contribution in [0.4, 0.5) is 5.82 Å². The predicted molar refractivity (Wildman–Crippen MR) is 69.8 cm³/mol. The zero-order valence-corrected chi connectivity index (χ0v) is 11.6. The van der Waals surface area contributed by atoms with Crippen LogP contribution in [0, 0.1) is 6.92 Å². The van der Waals surface area contributed by atoms with Gasteiger partial charge in [0, 0.05) is 6.07 Å². The average Bonchev–Trinajstić information content (AvgIpc) is 2.82. The van der Waals surface area contributed by atoms with Crippen molar-refractivity contribution in [1.82, 2.24) is 5.16 Å². The van der Waals surface area contributed by atoms with Crippen LogP contribution in [0.2, 0.25) is 0 Å². The number of ether oxygens (including phenoxy) is 1. The first kappa shape index (κ1) is 14.1. The van der Waals surface area contributed by atoms with Crippen molar-refractivity contribution in [2.75, 3.05) is 11.8 Å². The third kappa shape index (κ3) is 2.97. The van der Waals surface area contributed by atoms with Crippen LogP contribution in [0.25, 0.3) is 0 Å². The summed E-state index contributed by atoms with van der Waals surface area (Å²) in [4.78, 5) is 11.3. The number of benzene rings is 1. The highest BCUT2D eigenvalue weighted by Gasteiger charge is 2.17. The molecule has 1 aromatic heterocycles. The Morgan fingerprint density at radius 1 is 1.30 bits per heavy atom. The van der Waals surface area contributed by atoms with Gasteiger partial charge in [0.1, 0.15) is 5.76 Å². The summed E-state index contributed by atoms with van der Waals surface area (Å²) in [6.45, 7) is 1.65. The van der Waals surface area contributed by atoms with Crippen LogP contribution in [0.1, 0.15) is 16.1 Å². The number of methoxy groups -OCH3 is 1. The molecule has 106 valence electrons. The fourth-order valence-electron chi connectivity index (χ4n) is 1.50. The Hall–Kier alpha value is -2.35. The average molecular weight is 296 g/mol. The number of hydrogen-bond acceptors (Lipinski definition) is 6. The van der Waals surface area contributed by atoms with Gasteiger partial charge >= 0.3 is 5.97 Å². The third-order valence-electron chi connectivity index (χ3n) is 2.45. The fraction of sp³-hybridized carbons (Fsp3) is 0.167. The van der Waals surface area contributed by atoms with Gasteiger partial charge in [-0.2, -0.15) is 0 Å². The summed E-state index contributed by atoms with van der Waals surface area (Å²) < 4.78 is 35.7. The minimum Gasteiger partial charge on any atom is -0.465 e. The van der Waals surface area contributed by atoms with Gasteiger partial charge in [0.05, 0.1) is 17.6 Å². The molecule has 2 rings (SSSR count). The number of nitrogens with zero attached hydrogens (tertiary/aromatic N) is 1. The maximum atomic E-state index is 12.1. The van der Waals surface area contributed by atoms with Gasteiger partial charge in [-0.05, 0) is 31.2 Å². The highest BCUT2D eigenvalue weighted by molar-refractivity contribution is 7.92. The van der Waals surface area contributed by atoms with Gasteiger partial charge in [0.15, 0.2) is 5.82 Å². The first-order valence-corrected chi connectivity index (χ1v) is 7.05. The molecule has 0 fully saturated rings. The van der Waals surface area contributed by atoms with Gasteiger partial charge in [0.2, 0.25) is 0 Å². The van der Waals surface area contributed by atoms with E-state index in [0.717, 1.165) is 0 Å². The Labute approximate surface area is 115 Å². The number of hydrogen-bond donors (Lipinski definition) is 1. The first-order valence-electron chi connectivity index (χ1n) is 5.57. The van der Waals surface area contributed by atoms with Crippen LogP contribution in [0.15, 0.2) is 39.8 Å². The van der Waals surface area contributed by atoms with Crippen molar-refractivity contribution in [3.8, 4) is 0 Å². The molecule has 1 aromatic carbocycles. The lowest BCUT2D eigenvalue weighted by atomic mass is 10.2. The number of rotatable bonds is 4. The van der Waals surface area contributed by atoms with Crippen molar-refractivity contribution < 1.29 is 22.5 Å². The van der Waals surface area contributed by atoms with Gasteiger partial charge < -0.3 is 9.26 Å². The summed E-state index contributed by atoms with van der Waals surface area (Å²) in [5.74, 6) is 0.0531. The number of carbonyl (C=O) groups is 1. The standard InChI is InChI=1S/C12H12N2O5S/c1-8-7-11(13-19-8)14-20(16,17)10-5-3-9(4-6-10)12(15)18-2/h3-7H,1-2H3,(H,13,14). The number of carbonyl (C=O) groups excluding carboxylic acids is 1. The van der Waals surface area contributed by atoms with E-state index in [1.807, 2.05) is 0 Å². The van der Waals surface area contributed by atoms with Crippen LogP contribution in [-0.2, 0) is 14.8 Å². The summed E-state index contributed by atoms with van der Waals surface area (Å²) in [5.41, 5.74) is 0.267. The van der Waals surface area contributed by atoms with Crippen molar-refractivity contribution in [3.05, 3.63) is 41.7 Å². The normalized spacial score (nSPS) is 11.1. The molecule has 0 saturated heterocycles. The van der Waals surface area contributed by atoms with E-state index in [1.54, 1.807) is 6.92 Å². The van der Waals surface area contributed by atoms with E-state index in [9.17, 15) is 13.2 Å². The van der Waals surface area contributed by atoms with Crippen molar-refractivity contribution in [1.29, 1.82) is 0 Å². The minimum absolute atomic E-state index is 0.00538. The van der Waals surface area contributed by atoms with E-state index in [-0.39, 0.29) is 16.3 Å². The van der Waals surface area contributed by atoms with Gasteiger partial charge in [-0.1, -0.05) is 5.16 Å². The molecule has 0 atom stereocenters. The molecule has 0 spiro atoms.